The first-order chi connectivity index (χ1) is 7.11. The summed E-state index contributed by atoms with van der Waals surface area (Å²) in [5.74, 6) is -0.231. The molecule has 0 aromatic carbocycles. The Morgan fingerprint density at radius 1 is 1.60 bits per heavy atom. The lowest BCUT2D eigenvalue weighted by Gasteiger charge is -2.15. The molecule has 5 heteroatoms. The van der Waals surface area contributed by atoms with Crippen LogP contribution >= 0.6 is 0 Å². The van der Waals surface area contributed by atoms with E-state index in [1.165, 1.54) is 6.20 Å². The lowest BCUT2D eigenvalue weighted by molar-refractivity contribution is -0.131. The molecule has 0 amide bonds. The number of nitrogens with zero attached hydrogens (tertiary/aromatic N) is 2. The molecule has 5 nitrogen and oxygen atoms in total. The highest BCUT2D eigenvalue weighted by Crippen LogP contribution is 2.19. The lowest BCUT2D eigenvalue weighted by Crippen LogP contribution is -2.12. The summed E-state index contributed by atoms with van der Waals surface area (Å²) in [7, 11) is 3.74. The number of aromatic nitrogens is 1. The van der Waals surface area contributed by atoms with Crippen molar-refractivity contribution in [2.45, 2.75) is 0 Å². The minimum Gasteiger partial charge on any atom is -0.478 e. The normalized spacial score (nSPS) is 10.3. The van der Waals surface area contributed by atoms with Crippen molar-refractivity contribution in [2.24, 2.45) is 0 Å². The van der Waals surface area contributed by atoms with Crippen LogP contribution < -0.4 is 10.2 Å². The first kappa shape index (κ1) is 11.0. The summed E-state index contributed by atoms with van der Waals surface area (Å²) in [5, 5.41) is 11.3. The predicted octanol–water partition coefficient (Wildman–Crippen LogP) is 1.16. The third-order valence-corrected chi connectivity index (χ3v) is 1.68. The summed E-state index contributed by atoms with van der Waals surface area (Å²) in [6.07, 6.45) is 4.08. The highest BCUT2D eigenvalue weighted by Gasteiger charge is 2.02. The molecule has 0 unspecified atom stereocenters. The standard InChI is InChI=1S/C10H13N3O2/c1-13(2)10-8(4-3-6-12-10)11-7-5-9(14)15/h3-7,11H,1-2H3,(H,14,15)/b7-5+. The van der Waals surface area contributed by atoms with E-state index in [2.05, 4.69) is 10.3 Å². The van der Waals surface area contributed by atoms with Gasteiger partial charge in [-0.05, 0) is 12.1 Å². The van der Waals surface area contributed by atoms with E-state index < -0.39 is 5.97 Å². The van der Waals surface area contributed by atoms with Gasteiger partial charge in [0.1, 0.15) is 0 Å². The summed E-state index contributed by atoms with van der Waals surface area (Å²) < 4.78 is 0. The Kier molecular flexibility index (Phi) is 3.68. The average Bonchev–Trinajstić information content (AvgIpc) is 2.17. The average molecular weight is 207 g/mol. The number of carboxylic acid groups (broad SMARTS) is 1. The molecule has 0 fully saturated rings. The van der Waals surface area contributed by atoms with E-state index in [0.29, 0.717) is 0 Å². The number of carboxylic acids is 1. The third-order valence-electron chi connectivity index (χ3n) is 1.68. The number of anilines is 2. The van der Waals surface area contributed by atoms with Crippen molar-refractivity contribution >= 4 is 17.5 Å². The molecule has 15 heavy (non-hydrogen) atoms. The first-order valence-electron chi connectivity index (χ1n) is 4.39. The fraction of sp³-hybridized carbons (Fsp3) is 0.200. The van der Waals surface area contributed by atoms with Crippen molar-refractivity contribution < 1.29 is 9.90 Å². The van der Waals surface area contributed by atoms with Crippen molar-refractivity contribution in [1.29, 1.82) is 0 Å². The zero-order valence-electron chi connectivity index (χ0n) is 8.64. The van der Waals surface area contributed by atoms with Gasteiger partial charge < -0.3 is 15.3 Å². The second-order valence-electron chi connectivity index (χ2n) is 3.08. The molecular formula is C10H13N3O2. The van der Waals surface area contributed by atoms with E-state index >= 15 is 0 Å². The van der Waals surface area contributed by atoms with Crippen molar-refractivity contribution in [3.05, 3.63) is 30.6 Å². The highest BCUT2D eigenvalue weighted by atomic mass is 16.4. The molecular weight excluding hydrogens is 194 g/mol. The summed E-state index contributed by atoms with van der Waals surface area (Å²) in [6, 6.07) is 3.61. The zero-order valence-corrected chi connectivity index (χ0v) is 8.64. The van der Waals surface area contributed by atoms with Gasteiger partial charge in [0.25, 0.3) is 0 Å². The van der Waals surface area contributed by atoms with E-state index in [9.17, 15) is 4.79 Å². The molecule has 1 aromatic rings. The molecule has 0 saturated carbocycles. The van der Waals surface area contributed by atoms with E-state index in [0.717, 1.165) is 17.6 Å². The minimum atomic E-state index is -0.988. The van der Waals surface area contributed by atoms with Crippen LogP contribution in [0.4, 0.5) is 11.5 Å². The van der Waals surface area contributed by atoms with E-state index in [4.69, 9.17) is 5.11 Å². The van der Waals surface area contributed by atoms with Gasteiger partial charge in [0.15, 0.2) is 5.82 Å². The number of aliphatic carboxylic acids is 1. The van der Waals surface area contributed by atoms with Crippen LogP contribution in [0.3, 0.4) is 0 Å². The summed E-state index contributed by atoms with van der Waals surface area (Å²) in [4.78, 5) is 16.3. The topological polar surface area (TPSA) is 65.5 Å². The van der Waals surface area contributed by atoms with Gasteiger partial charge in [-0.1, -0.05) is 0 Å². The fourth-order valence-corrected chi connectivity index (χ4v) is 1.07. The molecule has 2 N–H and O–H groups in total. The highest BCUT2D eigenvalue weighted by molar-refractivity contribution is 5.80. The molecule has 0 atom stereocenters. The van der Waals surface area contributed by atoms with Gasteiger partial charge in [-0.2, -0.15) is 0 Å². The smallest absolute Gasteiger partial charge is 0.329 e. The Morgan fingerprint density at radius 2 is 2.33 bits per heavy atom. The molecule has 0 radical (unpaired) electrons. The Bertz CT molecular complexity index is 375. The lowest BCUT2D eigenvalue weighted by atomic mass is 10.3. The Morgan fingerprint density at radius 3 is 2.93 bits per heavy atom. The van der Waals surface area contributed by atoms with Crippen LogP contribution in [0.1, 0.15) is 0 Å². The number of nitrogens with one attached hydrogen (secondary N) is 1. The van der Waals surface area contributed by atoms with E-state index in [1.54, 1.807) is 12.3 Å². The van der Waals surface area contributed by atoms with Gasteiger partial charge in [0.2, 0.25) is 0 Å². The van der Waals surface area contributed by atoms with Crippen molar-refractivity contribution in [1.82, 2.24) is 4.98 Å². The van der Waals surface area contributed by atoms with Crippen LogP contribution in [0.15, 0.2) is 30.6 Å². The van der Waals surface area contributed by atoms with Crippen LogP contribution in [0, 0.1) is 0 Å². The largest absolute Gasteiger partial charge is 0.478 e. The van der Waals surface area contributed by atoms with Gasteiger partial charge >= 0.3 is 5.97 Å². The van der Waals surface area contributed by atoms with E-state index in [-0.39, 0.29) is 0 Å². The number of carbonyl (C=O) groups is 1. The Balaban J connectivity index is 2.80. The molecule has 1 aromatic heterocycles. The van der Waals surface area contributed by atoms with E-state index in [1.807, 2.05) is 25.1 Å². The molecule has 0 aliphatic heterocycles. The fourth-order valence-electron chi connectivity index (χ4n) is 1.07. The first-order valence-corrected chi connectivity index (χ1v) is 4.39. The summed E-state index contributed by atoms with van der Waals surface area (Å²) >= 11 is 0. The SMILES string of the molecule is CN(C)c1ncccc1N/C=C/C(=O)O. The van der Waals surface area contributed by atoms with Crippen molar-refractivity contribution in [3.8, 4) is 0 Å². The zero-order chi connectivity index (χ0) is 11.3. The van der Waals surface area contributed by atoms with Gasteiger partial charge in [-0.3, -0.25) is 0 Å². The monoisotopic (exact) mass is 207 g/mol. The number of rotatable bonds is 4. The van der Waals surface area contributed by atoms with Crippen LogP contribution in [-0.2, 0) is 4.79 Å². The van der Waals surface area contributed by atoms with Crippen LogP contribution in [-0.4, -0.2) is 30.2 Å². The third kappa shape index (κ3) is 3.30. The predicted molar refractivity (Wildman–Crippen MR) is 59.0 cm³/mol. The maximum absolute atomic E-state index is 10.3. The van der Waals surface area contributed by atoms with Crippen LogP contribution in [0.2, 0.25) is 0 Å². The maximum atomic E-state index is 10.3. The molecule has 0 aliphatic carbocycles. The van der Waals surface area contributed by atoms with Gasteiger partial charge in [-0.15, -0.1) is 0 Å². The second-order valence-corrected chi connectivity index (χ2v) is 3.08. The summed E-state index contributed by atoms with van der Waals surface area (Å²) in [6.45, 7) is 0. The molecule has 80 valence electrons. The maximum Gasteiger partial charge on any atom is 0.329 e. The quantitative estimate of drug-likeness (QED) is 0.725. The molecule has 1 heterocycles. The molecule has 0 bridgehead atoms. The number of hydrogen-bond acceptors (Lipinski definition) is 4. The van der Waals surface area contributed by atoms with Gasteiger partial charge in [0, 0.05) is 32.6 Å². The Hall–Kier alpha value is -2.04. The Labute approximate surface area is 88.1 Å². The van der Waals surface area contributed by atoms with Gasteiger partial charge in [-0.25, -0.2) is 9.78 Å². The number of hydrogen-bond donors (Lipinski definition) is 2. The number of pyridine rings is 1. The van der Waals surface area contributed by atoms with Gasteiger partial charge in [0.05, 0.1) is 5.69 Å². The van der Waals surface area contributed by atoms with Crippen LogP contribution in [0.25, 0.3) is 0 Å². The molecule has 0 spiro atoms. The minimum absolute atomic E-state index is 0.757. The summed E-state index contributed by atoms with van der Waals surface area (Å²) in [5.41, 5.74) is 0.764. The molecule has 1 rings (SSSR count). The second kappa shape index (κ2) is 4.99. The van der Waals surface area contributed by atoms with Crippen molar-refractivity contribution in [3.63, 3.8) is 0 Å². The molecule has 0 saturated heterocycles. The van der Waals surface area contributed by atoms with Crippen molar-refractivity contribution in [2.75, 3.05) is 24.3 Å². The van der Waals surface area contributed by atoms with Crippen LogP contribution in [0.5, 0.6) is 0 Å². The molecule has 0 aliphatic rings.